The van der Waals surface area contributed by atoms with Gasteiger partial charge in [-0.15, -0.1) is 0 Å². The van der Waals surface area contributed by atoms with Gasteiger partial charge in [-0.1, -0.05) is 13.8 Å². The summed E-state index contributed by atoms with van der Waals surface area (Å²) in [5, 5.41) is 2.93. The van der Waals surface area contributed by atoms with Crippen LogP contribution in [0.1, 0.15) is 38.1 Å². The molecule has 1 aromatic rings. The fraction of sp³-hybridized carbons (Fsp3) is 0.583. The van der Waals surface area contributed by atoms with Crippen LogP contribution < -0.4 is 11.1 Å². The molecule has 0 aliphatic carbocycles. The van der Waals surface area contributed by atoms with Gasteiger partial charge in [0.25, 0.3) is 0 Å². The van der Waals surface area contributed by atoms with E-state index in [-0.39, 0.29) is 18.4 Å². The minimum atomic E-state index is -0.319. The molecule has 6 heteroatoms. The highest BCUT2D eigenvalue weighted by Crippen LogP contribution is 2.20. The van der Waals surface area contributed by atoms with Gasteiger partial charge in [-0.3, -0.25) is 4.79 Å². The van der Waals surface area contributed by atoms with Crippen molar-refractivity contribution < 1.29 is 9.53 Å². The molecule has 0 fully saturated rings. The first-order chi connectivity index (χ1) is 8.45. The van der Waals surface area contributed by atoms with Crippen LogP contribution >= 0.6 is 0 Å². The number of nitrogens with two attached hydrogens (primary N) is 1. The van der Waals surface area contributed by atoms with E-state index in [0.29, 0.717) is 24.1 Å². The molecule has 0 unspecified atom stereocenters. The Bertz CT molecular complexity index is 432. The van der Waals surface area contributed by atoms with Crippen molar-refractivity contribution in [1.29, 1.82) is 0 Å². The van der Waals surface area contributed by atoms with Gasteiger partial charge in [0, 0.05) is 11.5 Å². The Balaban J connectivity index is 2.84. The van der Waals surface area contributed by atoms with Gasteiger partial charge in [0.2, 0.25) is 0 Å². The monoisotopic (exact) mass is 252 g/mol. The summed E-state index contributed by atoms with van der Waals surface area (Å²) >= 11 is 0. The summed E-state index contributed by atoms with van der Waals surface area (Å²) in [5.41, 5.74) is 6.56. The average molecular weight is 252 g/mol. The second-order valence-corrected chi connectivity index (χ2v) is 4.25. The van der Waals surface area contributed by atoms with Crippen LogP contribution in [0.3, 0.4) is 0 Å². The summed E-state index contributed by atoms with van der Waals surface area (Å²) in [7, 11) is 0. The molecule has 0 saturated carbocycles. The van der Waals surface area contributed by atoms with Crippen LogP contribution in [0, 0.1) is 6.92 Å². The van der Waals surface area contributed by atoms with Gasteiger partial charge in [-0.05, 0) is 13.8 Å². The lowest BCUT2D eigenvalue weighted by atomic mass is 10.2. The molecule has 18 heavy (non-hydrogen) atoms. The van der Waals surface area contributed by atoms with E-state index < -0.39 is 0 Å². The van der Waals surface area contributed by atoms with Gasteiger partial charge in [-0.25, -0.2) is 9.97 Å². The Morgan fingerprint density at radius 1 is 1.44 bits per heavy atom. The molecule has 6 nitrogen and oxygen atoms in total. The number of carbonyl (C=O) groups excluding carboxylic acids is 1. The van der Waals surface area contributed by atoms with Crippen molar-refractivity contribution >= 4 is 17.6 Å². The Labute approximate surface area is 107 Å². The van der Waals surface area contributed by atoms with E-state index in [1.807, 2.05) is 20.8 Å². The Morgan fingerprint density at radius 3 is 2.67 bits per heavy atom. The summed E-state index contributed by atoms with van der Waals surface area (Å²) in [4.78, 5) is 19.8. The molecule has 1 aromatic heterocycles. The lowest BCUT2D eigenvalue weighted by molar-refractivity contribution is -0.140. The van der Waals surface area contributed by atoms with Crippen molar-refractivity contribution in [2.45, 2.75) is 33.6 Å². The van der Waals surface area contributed by atoms with E-state index in [4.69, 9.17) is 10.5 Å². The minimum absolute atomic E-state index is 0.0721. The Kier molecular flexibility index (Phi) is 4.88. The van der Waals surface area contributed by atoms with Crippen LogP contribution in [0.4, 0.5) is 11.6 Å². The molecule has 3 N–H and O–H groups in total. The molecule has 0 spiro atoms. The normalized spacial score (nSPS) is 10.5. The summed E-state index contributed by atoms with van der Waals surface area (Å²) in [5.74, 6) is 1.53. The zero-order chi connectivity index (χ0) is 13.7. The third kappa shape index (κ3) is 3.58. The number of esters is 1. The number of rotatable bonds is 5. The highest BCUT2D eigenvalue weighted by molar-refractivity contribution is 5.75. The van der Waals surface area contributed by atoms with Crippen molar-refractivity contribution in [2.75, 3.05) is 24.2 Å². The van der Waals surface area contributed by atoms with Gasteiger partial charge < -0.3 is 15.8 Å². The minimum Gasteiger partial charge on any atom is -0.465 e. The van der Waals surface area contributed by atoms with Gasteiger partial charge in [-0.2, -0.15) is 0 Å². The summed E-state index contributed by atoms with van der Waals surface area (Å²) in [6, 6.07) is 0. The van der Waals surface area contributed by atoms with Crippen LogP contribution in [-0.2, 0) is 9.53 Å². The van der Waals surface area contributed by atoms with E-state index in [2.05, 4.69) is 15.3 Å². The lowest BCUT2D eigenvalue weighted by Crippen LogP contribution is -2.19. The molecule has 100 valence electrons. The van der Waals surface area contributed by atoms with Crippen molar-refractivity contribution in [2.24, 2.45) is 0 Å². The number of ether oxygens (including phenoxy) is 1. The molecule has 0 aromatic carbocycles. The maximum atomic E-state index is 11.3. The molecule has 1 heterocycles. The van der Waals surface area contributed by atoms with Crippen molar-refractivity contribution in [1.82, 2.24) is 9.97 Å². The second kappa shape index (κ2) is 6.18. The number of hydrogen-bond donors (Lipinski definition) is 2. The Morgan fingerprint density at radius 2 is 2.11 bits per heavy atom. The number of nitrogens with one attached hydrogen (secondary N) is 1. The first kappa shape index (κ1) is 14.2. The van der Waals surface area contributed by atoms with Gasteiger partial charge in [0.05, 0.1) is 6.61 Å². The lowest BCUT2D eigenvalue weighted by Gasteiger charge is -2.13. The number of nitrogens with zero attached hydrogens (tertiary/aromatic N) is 2. The van der Waals surface area contributed by atoms with Gasteiger partial charge in [0.1, 0.15) is 24.0 Å². The van der Waals surface area contributed by atoms with E-state index >= 15 is 0 Å². The van der Waals surface area contributed by atoms with Crippen LogP contribution in [-0.4, -0.2) is 29.1 Å². The molecule has 0 aliphatic heterocycles. The third-order valence-electron chi connectivity index (χ3n) is 2.42. The maximum absolute atomic E-state index is 11.3. The summed E-state index contributed by atoms with van der Waals surface area (Å²) < 4.78 is 4.84. The zero-order valence-corrected chi connectivity index (χ0v) is 11.3. The van der Waals surface area contributed by atoms with E-state index in [9.17, 15) is 4.79 Å². The largest absolute Gasteiger partial charge is 0.465 e. The fourth-order valence-corrected chi connectivity index (χ4v) is 1.35. The van der Waals surface area contributed by atoms with E-state index in [1.54, 1.807) is 6.92 Å². The highest BCUT2D eigenvalue weighted by atomic mass is 16.5. The molecule has 0 amide bonds. The third-order valence-corrected chi connectivity index (χ3v) is 2.42. The first-order valence-electron chi connectivity index (χ1n) is 5.99. The number of nitrogen functional groups attached to an aromatic ring is 1. The number of carbonyl (C=O) groups is 1. The molecule has 0 atom stereocenters. The molecule has 0 aliphatic rings. The van der Waals surface area contributed by atoms with Crippen molar-refractivity contribution in [3.05, 3.63) is 11.4 Å². The quantitative estimate of drug-likeness (QED) is 0.771. The van der Waals surface area contributed by atoms with E-state index in [0.717, 1.165) is 5.56 Å². The molecular formula is C12H20N4O2. The molecule has 1 rings (SSSR count). The molecule has 0 saturated heterocycles. The van der Waals surface area contributed by atoms with E-state index in [1.165, 1.54) is 0 Å². The topological polar surface area (TPSA) is 90.1 Å². The molecular weight excluding hydrogens is 232 g/mol. The van der Waals surface area contributed by atoms with Crippen molar-refractivity contribution in [3.63, 3.8) is 0 Å². The standard InChI is InChI=1S/C12H20N4O2/c1-5-18-9(17)6-14-12-8(4)10(13)15-11(16-12)7(2)3/h7H,5-6H2,1-4H3,(H3,13,14,15,16). The summed E-state index contributed by atoms with van der Waals surface area (Å²) in [6.07, 6.45) is 0. The zero-order valence-electron chi connectivity index (χ0n) is 11.3. The van der Waals surface area contributed by atoms with Crippen molar-refractivity contribution in [3.8, 4) is 0 Å². The predicted molar refractivity (Wildman–Crippen MR) is 70.4 cm³/mol. The second-order valence-electron chi connectivity index (χ2n) is 4.25. The van der Waals surface area contributed by atoms with Gasteiger partial charge >= 0.3 is 5.97 Å². The highest BCUT2D eigenvalue weighted by Gasteiger charge is 2.12. The average Bonchev–Trinajstić information content (AvgIpc) is 2.31. The van der Waals surface area contributed by atoms with Gasteiger partial charge in [0.15, 0.2) is 0 Å². The molecule has 0 radical (unpaired) electrons. The maximum Gasteiger partial charge on any atom is 0.325 e. The fourth-order valence-electron chi connectivity index (χ4n) is 1.35. The SMILES string of the molecule is CCOC(=O)CNc1nc(C(C)C)nc(N)c1C. The number of anilines is 2. The first-order valence-corrected chi connectivity index (χ1v) is 5.99. The predicted octanol–water partition coefficient (Wildman–Crippen LogP) is 1.47. The molecule has 0 bridgehead atoms. The van der Waals surface area contributed by atoms with Crippen LogP contribution in [0.25, 0.3) is 0 Å². The van der Waals surface area contributed by atoms with Crippen LogP contribution in [0.2, 0.25) is 0 Å². The smallest absolute Gasteiger partial charge is 0.325 e. The summed E-state index contributed by atoms with van der Waals surface area (Å²) in [6.45, 7) is 7.99. The number of aromatic nitrogens is 2. The van der Waals surface area contributed by atoms with Crippen LogP contribution in [0.5, 0.6) is 0 Å². The van der Waals surface area contributed by atoms with Crippen LogP contribution in [0.15, 0.2) is 0 Å². The number of hydrogen-bond acceptors (Lipinski definition) is 6. The Hall–Kier alpha value is -1.85.